The quantitative estimate of drug-likeness (QED) is 0.837. The van der Waals surface area contributed by atoms with Crippen LogP contribution in [0.25, 0.3) is 0 Å². The molecular formula is C13H19N3. The summed E-state index contributed by atoms with van der Waals surface area (Å²) in [6.45, 7) is 4.64. The zero-order chi connectivity index (χ0) is 12.2. The Hall–Kier alpha value is -1.53. The molecule has 86 valence electrons. The fourth-order valence-corrected chi connectivity index (χ4v) is 1.72. The molecule has 0 spiro atoms. The molecule has 0 saturated carbocycles. The van der Waals surface area contributed by atoms with Crippen LogP contribution in [-0.2, 0) is 0 Å². The first-order chi connectivity index (χ1) is 7.52. The molecule has 0 aliphatic carbocycles. The van der Waals surface area contributed by atoms with Crippen LogP contribution in [0.1, 0.15) is 12.5 Å². The number of nitrogens with zero attached hydrogens (tertiary/aromatic N) is 2. The molecule has 0 saturated heterocycles. The summed E-state index contributed by atoms with van der Waals surface area (Å²) < 4.78 is 0. The smallest absolute Gasteiger partial charge is 0.121 e. The Morgan fingerprint density at radius 2 is 2.06 bits per heavy atom. The summed E-state index contributed by atoms with van der Waals surface area (Å²) in [6.07, 6.45) is 0. The molecule has 0 fully saturated rings. The Kier molecular flexibility index (Phi) is 3.92. The Morgan fingerprint density at radius 3 is 2.56 bits per heavy atom. The minimum Gasteiger partial charge on any atom is -0.371 e. The van der Waals surface area contributed by atoms with Crippen LogP contribution in [-0.4, -0.2) is 26.2 Å². The van der Waals surface area contributed by atoms with Gasteiger partial charge in [0.1, 0.15) is 5.54 Å². The highest BCUT2D eigenvalue weighted by molar-refractivity contribution is 5.52. The van der Waals surface area contributed by atoms with Crippen LogP contribution in [0.3, 0.4) is 0 Å². The number of likely N-dealkylation sites (N-methyl/N-ethyl adjacent to an activating group) is 2. The van der Waals surface area contributed by atoms with E-state index in [9.17, 15) is 0 Å². The molecule has 0 aliphatic rings. The predicted octanol–water partition coefficient (Wildman–Crippen LogP) is 1.93. The van der Waals surface area contributed by atoms with Crippen molar-refractivity contribution in [3.8, 4) is 6.07 Å². The van der Waals surface area contributed by atoms with Gasteiger partial charge in [-0.05, 0) is 32.5 Å². The average molecular weight is 217 g/mol. The topological polar surface area (TPSA) is 39.1 Å². The van der Waals surface area contributed by atoms with Gasteiger partial charge in [0.2, 0.25) is 0 Å². The first kappa shape index (κ1) is 12.5. The molecule has 1 aromatic rings. The second-order valence-electron chi connectivity index (χ2n) is 4.34. The standard InChI is InChI=1S/C13H19N3/c1-11-7-5-6-8-12(11)16(4)10-13(2,9-14)15-3/h5-8,15H,10H2,1-4H3. The normalized spacial score (nSPS) is 13.9. The zero-order valence-corrected chi connectivity index (χ0v) is 10.4. The molecule has 1 N–H and O–H groups in total. The summed E-state index contributed by atoms with van der Waals surface area (Å²) in [5.74, 6) is 0. The van der Waals surface area contributed by atoms with E-state index in [1.165, 1.54) is 11.3 Å². The number of para-hydroxylation sites is 1. The number of aryl methyl sites for hydroxylation is 1. The lowest BCUT2D eigenvalue weighted by Gasteiger charge is -2.29. The number of anilines is 1. The number of rotatable bonds is 4. The van der Waals surface area contributed by atoms with Crippen molar-refractivity contribution in [1.29, 1.82) is 5.26 Å². The number of hydrogen-bond acceptors (Lipinski definition) is 3. The largest absolute Gasteiger partial charge is 0.371 e. The van der Waals surface area contributed by atoms with E-state index in [0.29, 0.717) is 6.54 Å². The molecule has 16 heavy (non-hydrogen) atoms. The molecule has 1 rings (SSSR count). The molecule has 0 radical (unpaired) electrons. The summed E-state index contributed by atoms with van der Waals surface area (Å²) in [6, 6.07) is 10.5. The van der Waals surface area contributed by atoms with Gasteiger partial charge in [-0.15, -0.1) is 0 Å². The Labute approximate surface area is 97.7 Å². The average Bonchev–Trinajstić information content (AvgIpc) is 2.29. The number of nitrogens with one attached hydrogen (secondary N) is 1. The first-order valence-corrected chi connectivity index (χ1v) is 5.39. The lowest BCUT2D eigenvalue weighted by atomic mass is 10.0. The van der Waals surface area contributed by atoms with Crippen LogP contribution >= 0.6 is 0 Å². The van der Waals surface area contributed by atoms with Gasteiger partial charge in [-0.25, -0.2) is 0 Å². The molecule has 0 bridgehead atoms. The van der Waals surface area contributed by atoms with Gasteiger partial charge >= 0.3 is 0 Å². The Balaban J connectivity index is 2.85. The van der Waals surface area contributed by atoms with E-state index in [1.807, 2.05) is 33.2 Å². The van der Waals surface area contributed by atoms with E-state index in [1.54, 1.807) is 0 Å². The first-order valence-electron chi connectivity index (χ1n) is 5.39. The van der Waals surface area contributed by atoms with E-state index in [0.717, 1.165) is 0 Å². The summed E-state index contributed by atoms with van der Waals surface area (Å²) in [4.78, 5) is 2.11. The minimum absolute atomic E-state index is 0.517. The van der Waals surface area contributed by atoms with Crippen molar-refractivity contribution in [3.63, 3.8) is 0 Å². The molecule has 0 aliphatic heterocycles. The van der Waals surface area contributed by atoms with Crippen molar-refractivity contribution >= 4 is 5.69 Å². The SMILES string of the molecule is CNC(C)(C#N)CN(C)c1ccccc1C. The number of nitriles is 1. The van der Waals surface area contributed by atoms with Gasteiger partial charge in [0.05, 0.1) is 6.07 Å². The fraction of sp³-hybridized carbons (Fsp3) is 0.462. The lowest BCUT2D eigenvalue weighted by molar-refractivity contribution is 0.492. The van der Waals surface area contributed by atoms with Crippen LogP contribution in [0.5, 0.6) is 0 Å². The van der Waals surface area contributed by atoms with Crippen molar-refractivity contribution in [3.05, 3.63) is 29.8 Å². The molecule has 1 atom stereocenters. The third-order valence-corrected chi connectivity index (χ3v) is 2.88. The molecule has 1 aromatic carbocycles. The molecule has 3 heteroatoms. The second-order valence-corrected chi connectivity index (χ2v) is 4.34. The molecule has 3 nitrogen and oxygen atoms in total. The Bertz CT molecular complexity index is 394. The van der Waals surface area contributed by atoms with Gasteiger partial charge in [0.15, 0.2) is 0 Å². The van der Waals surface area contributed by atoms with E-state index >= 15 is 0 Å². The van der Waals surface area contributed by atoms with E-state index in [2.05, 4.69) is 35.3 Å². The maximum atomic E-state index is 9.11. The fourth-order valence-electron chi connectivity index (χ4n) is 1.72. The summed E-state index contributed by atoms with van der Waals surface area (Å²) in [7, 11) is 3.82. The van der Waals surface area contributed by atoms with E-state index in [4.69, 9.17) is 5.26 Å². The Morgan fingerprint density at radius 1 is 1.44 bits per heavy atom. The van der Waals surface area contributed by atoms with Crippen LogP contribution in [0.15, 0.2) is 24.3 Å². The van der Waals surface area contributed by atoms with Crippen LogP contribution in [0, 0.1) is 18.3 Å². The lowest BCUT2D eigenvalue weighted by Crippen LogP contribution is -2.48. The van der Waals surface area contributed by atoms with Crippen molar-refractivity contribution in [2.24, 2.45) is 0 Å². The van der Waals surface area contributed by atoms with Crippen molar-refractivity contribution < 1.29 is 0 Å². The summed E-state index contributed by atoms with van der Waals surface area (Å²) in [5.41, 5.74) is 1.87. The molecule has 0 aromatic heterocycles. The molecule has 0 heterocycles. The molecule has 1 unspecified atom stereocenters. The second kappa shape index (κ2) is 5.00. The van der Waals surface area contributed by atoms with Gasteiger partial charge in [0.25, 0.3) is 0 Å². The summed E-state index contributed by atoms with van der Waals surface area (Å²) in [5, 5.41) is 12.2. The maximum Gasteiger partial charge on any atom is 0.121 e. The zero-order valence-electron chi connectivity index (χ0n) is 10.4. The van der Waals surface area contributed by atoms with E-state index < -0.39 is 5.54 Å². The van der Waals surface area contributed by atoms with Gasteiger partial charge in [-0.2, -0.15) is 5.26 Å². The van der Waals surface area contributed by atoms with Crippen molar-refractivity contribution in [1.82, 2.24) is 5.32 Å². The van der Waals surface area contributed by atoms with Gasteiger partial charge < -0.3 is 10.2 Å². The minimum atomic E-state index is -0.517. The monoisotopic (exact) mass is 217 g/mol. The van der Waals surface area contributed by atoms with Gasteiger partial charge in [-0.1, -0.05) is 18.2 Å². The van der Waals surface area contributed by atoms with Crippen LogP contribution in [0.2, 0.25) is 0 Å². The highest BCUT2D eigenvalue weighted by Gasteiger charge is 2.23. The van der Waals surface area contributed by atoms with E-state index in [-0.39, 0.29) is 0 Å². The van der Waals surface area contributed by atoms with Gasteiger partial charge in [-0.3, -0.25) is 0 Å². The third kappa shape index (κ3) is 2.74. The highest BCUT2D eigenvalue weighted by atomic mass is 15.1. The van der Waals surface area contributed by atoms with Crippen molar-refractivity contribution in [2.45, 2.75) is 19.4 Å². The van der Waals surface area contributed by atoms with Crippen molar-refractivity contribution in [2.75, 3.05) is 25.5 Å². The van der Waals surface area contributed by atoms with Gasteiger partial charge in [0, 0.05) is 19.3 Å². The third-order valence-electron chi connectivity index (χ3n) is 2.88. The summed E-state index contributed by atoms with van der Waals surface area (Å²) >= 11 is 0. The number of benzene rings is 1. The van der Waals surface area contributed by atoms with Crippen LogP contribution < -0.4 is 10.2 Å². The predicted molar refractivity (Wildman–Crippen MR) is 67.5 cm³/mol. The maximum absolute atomic E-state index is 9.11. The number of hydrogen-bond donors (Lipinski definition) is 1. The highest BCUT2D eigenvalue weighted by Crippen LogP contribution is 2.19. The molecule has 0 amide bonds. The molecular weight excluding hydrogens is 198 g/mol. The van der Waals surface area contributed by atoms with Crippen LogP contribution in [0.4, 0.5) is 5.69 Å².